The van der Waals surface area contributed by atoms with E-state index in [0.29, 0.717) is 20.7 Å². The summed E-state index contributed by atoms with van der Waals surface area (Å²) in [5.74, 6) is 2.50. The summed E-state index contributed by atoms with van der Waals surface area (Å²) in [6, 6.07) is 7.35. The van der Waals surface area contributed by atoms with E-state index in [1.54, 1.807) is 12.1 Å². The van der Waals surface area contributed by atoms with Gasteiger partial charge in [-0.05, 0) is 0 Å². The Labute approximate surface area is 83.9 Å². The number of phenolic OH excluding ortho intramolecular Hbond substituents is 1. The van der Waals surface area contributed by atoms with Crippen molar-refractivity contribution in [2.45, 2.75) is 5.82 Å². The van der Waals surface area contributed by atoms with Crippen molar-refractivity contribution in [2.24, 2.45) is 0 Å². The van der Waals surface area contributed by atoms with E-state index in [1.165, 1.54) is 4.46 Å². The van der Waals surface area contributed by atoms with Crippen molar-refractivity contribution in [3.05, 3.63) is 24.3 Å². The molecular formula is C7H10OSeSn. The Morgan fingerprint density at radius 3 is 2.10 bits per heavy atom. The van der Waals surface area contributed by atoms with Gasteiger partial charge >= 0.3 is 84.3 Å². The summed E-state index contributed by atoms with van der Waals surface area (Å²) in [6.45, 7) is 0. The summed E-state index contributed by atoms with van der Waals surface area (Å²) >= 11 is 0.549. The number of benzene rings is 1. The number of hydrogen-bond donors (Lipinski definition) is 1. The van der Waals surface area contributed by atoms with Gasteiger partial charge in [-0.25, -0.2) is 0 Å². The monoisotopic (exact) mass is 310 g/mol. The maximum atomic E-state index is 8.86. The van der Waals surface area contributed by atoms with Gasteiger partial charge in [-0.15, -0.1) is 0 Å². The fourth-order valence-electron chi connectivity index (χ4n) is 0.582. The Kier molecular flexibility index (Phi) is 5.22. The third-order valence-electron chi connectivity index (χ3n) is 1.07. The molecule has 3 heteroatoms. The van der Waals surface area contributed by atoms with Gasteiger partial charge in [-0.1, -0.05) is 0 Å². The first-order chi connectivity index (χ1) is 4.33. The molecule has 0 amide bonds. The van der Waals surface area contributed by atoms with Crippen molar-refractivity contribution in [3.8, 4) is 5.75 Å². The topological polar surface area (TPSA) is 20.2 Å². The zero-order chi connectivity index (χ0) is 6.69. The van der Waals surface area contributed by atoms with Crippen molar-refractivity contribution in [3.63, 3.8) is 0 Å². The molecule has 0 aliphatic carbocycles. The standard InChI is InChI=1S/C7H8OSe.Sn.2H/c1-9-7-4-2-6(8)3-5-7;;;/h2-5,8H,1H3;;;. The molecule has 1 aromatic carbocycles. The van der Waals surface area contributed by atoms with E-state index in [9.17, 15) is 0 Å². The molecule has 0 aliphatic rings. The van der Waals surface area contributed by atoms with E-state index in [0.717, 1.165) is 0 Å². The van der Waals surface area contributed by atoms with E-state index >= 15 is 0 Å². The van der Waals surface area contributed by atoms with Gasteiger partial charge in [0, 0.05) is 0 Å². The van der Waals surface area contributed by atoms with Gasteiger partial charge in [0.15, 0.2) is 0 Å². The first kappa shape index (κ1) is 10.3. The van der Waals surface area contributed by atoms with Crippen LogP contribution in [-0.2, 0) is 0 Å². The van der Waals surface area contributed by atoms with E-state index < -0.39 is 0 Å². The molecule has 0 heterocycles. The molecule has 0 saturated heterocycles. The average molecular weight is 308 g/mol. The van der Waals surface area contributed by atoms with Crippen LogP contribution < -0.4 is 4.46 Å². The minimum atomic E-state index is 0. The van der Waals surface area contributed by atoms with Crippen LogP contribution in [0.5, 0.6) is 5.75 Å². The molecule has 0 aromatic heterocycles. The van der Waals surface area contributed by atoms with E-state index in [4.69, 9.17) is 5.11 Å². The SMILES string of the molecule is C[Se]c1ccc(O)cc1.[SnH2]. The number of rotatable bonds is 1. The second kappa shape index (κ2) is 5.05. The molecule has 0 atom stereocenters. The molecule has 0 bridgehead atoms. The number of aromatic hydroxyl groups is 1. The molecule has 1 N–H and O–H groups in total. The summed E-state index contributed by atoms with van der Waals surface area (Å²) in [4.78, 5) is 0. The first-order valence-electron chi connectivity index (χ1n) is 2.66. The quantitative estimate of drug-likeness (QED) is 0.716. The molecule has 0 aliphatic heterocycles. The van der Waals surface area contributed by atoms with Crippen LogP contribution in [0, 0.1) is 0 Å². The molecule has 0 unspecified atom stereocenters. The normalized spacial score (nSPS) is 8.50. The zero-order valence-electron chi connectivity index (χ0n) is 5.87. The van der Waals surface area contributed by atoms with E-state index in [2.05, 4.69) is 5.82 Å². The van der Waals surface area contributed by atoms with Crippen LogP contribution in [0.2, 0.25) is 5.82 Å². The summed E-state index contributed by atoms with van der Waals surface area (Å²) in [5, 5.41) is 8.86. The van der Waals surface area contributed by atoms with Gasteiger partial charge in [0.05, 0.1) is 0 Å². The van der Waals surface area contributed by atoms with Gasteiger partial charge in [0.25, 0.3) is 0 Å². The second-order valence-corrected chi connectivity index (χ2v) is 3.54. The van der Waals surface area contributed by atoms with Crippen LogP contribution in [0.25, 0.3) is 0 Å². The van der Waals surface area contributed by atoms with Gasteiger partial charge in [0.2, 0.25) is 0 Å². The van der Waals surface area contributed by atoms with Crippen molar-refractivity contribution in [2.75, 3.05) is 0 Å². The molecule has 1 rings (SSSR count). The Balaban J connectivity index is 0.000000810. The minimum absolute atomic E-state index is 0. The molecule has 1 nitrogen and oxygen atoms in total. The number of phenols is 1. The van der Waals surface area contributed by atoms with Crippen LogP contribution in [-0.4, -0.2) is 44.0 Å². The zero-order valence-corrected chi connectivity index (χ0v) is 11.6. The third kappa shape index (κ3) is 2.95. The van der Waals surface area contributed by atoms with Crippen LogP contribution in [0.15, 0.2) is 24.3 Å². The molecule has 2 radical (unpaired) electrons. The Morgan fingerprint density at radius 1 is 1.20 bits per heavy atom. The van der Waals surface area contributed by atoms with E-state index in [1.807, 2.05) is 12.1 Å². The van der Waals surface area contributed by atoms with Gasteiger partial charge in [-0.3, -0.25) is 0 Å². The van der Waals surface area contributed by atoms with Gasteiger partial charge in [0.1, 0.15) is 0 Å². The van der Waals surface area contributed by atoms with Crippen LogP contribution in [0.1, 0.15) is 0 Å². The summed E-state index contributed by atoms with van der Waals surface area (Å²) < 4.78 is 1.32. The van der Waals surface area contributed by atoms with E-state index in [-0.39, 0.29) is 23.9 Å². The molecule has 54 valence electrons. The van der Waals surface area contributed by atoms with Crippen molar-refractivity contribution >= 4 is 43.3 Å². The summed E-state index contributed by atoms with van der Waals surface area (Å²) in [5.41, 5.74) is 0. The summed E-state index contributed by atoms with van der Waals surface area (Å²) in [7, 11) is 0. The molecule has 0 spiro atoms. The molecular weight excluding hydrogens is 298 g/mol. The Hall–Kier alpha value is 0.338. The summed E-state index contributed by atoms with van der Waals surface area (Å²) in [6.07, 6.45) is 0. The second-order valence-electron chi connectivity index (χ2n) is 1.70. The van der Waals surface area contributed by atoms with Crippen molar-refractivity contribution in [1.29, 1.82) is 0 Å². The predicted molar refractivity (Wildman–Crippen MR) is 47.9 cm³/mol. The van der Waals surface area contributed by atoms with Gasteiger partial charge in [-0.2, -0.15) is 0 Å². The van der Waals surface area contributed by atoms with Gasteiger partial charge < -0.3 is 0 Å². The average Bonchev–Trinajstić information content (AvgIpc) is 1.90. The van der Waals surface area contributed by atoms with Crippen molar-refractivity contribution in [1.82, 2.24) is 0 Å². The molecule has 10 heavy (non-hydrogen) atoms. The molecule has 0 fully saturated rings. The number of hydrogen-bond acceptors (Lipinski definition) is 1. The first-order valence-corrected chi connectivity index (χ1v) is 5.23. The van der Waals surface area contributed by atoms with Crippen LogP contribution in [0.3, 0.4) is 0 Å². The van der Waals surface area contributed by atoms with Crippen LogP contribution >= 0.6 is 0 Å². The van der Waals surface area contributed by atoms with Crippen molar-refractivity contribution < 1.29 is 5.11 Å². The Bertz CT molecular complexity index is 185. The Morgan fingerprint density at radius 2 is 1.70 bits per heavy atom. The third-order valence-corrected chi connectivity index (χ3v) is 2.63. The molecule has 1 aromatic rings. The maximum absolute atomic E-state index is 8.86. The fourth-order valence-corrected chi connectivity index (χ4v) is 1.44. The predicted octanol–water partition coefficient (Wildman–Crippen LogP) is -0.146. The molecule has 0 saturated carbocycles. The van der Waals surface area contributed by atoms with Crippen LogP contribution in [0.4, 0.5) is 0 Å². The fraction of sp³-hybridized carbons (Fsp3) is 0.143.